The Labute approximate surface area is 49.9 Å². The predicted octanol–water partition coefficient (Wildman–Crippen LogP) is 2.41. The van der Waals surface area contributed by atoms with Gasteiger partial charge in [0.15, 0.2) is 0 Å². The average molecular weight is 119 g/mol. The van der Waals surface area contributed by atoms with Gasteiger partial charge in [0.05, 0.1) is 0 Å². The molecule has 0 bridgehead atoms. The molecule has 42 valence electrons. The predicted molar refractivity (Wildman–Crippen MR) is 32.7 cm³/mol. The van der Waals surface area contributed by atoms with E-state index in [0.717, 1.165) is 5.92 Å². The van der Waals surface area contributed by atoms with Crippen LogP contribution in [0.1, 0.15) is 26.7 Å². The summed E-state index contributed by atoms with van der Waals surface area (Å²) in [6.45, 7) is 4.32. The zero-order valence-corrected chi connectivity index (χ0v) is 5.63. The van der Waals surface area contributed by atoms with Crippen molar-refractivity contribution in [2.24, 2.45) is 5.92 Å². The standard InChI is InChI=1S/C6H11Cl/c1-5-3-4-6(5,2)7/h5H,3-4H2,1-2H3/t5-,6-/m0/s1. The van der Waals surface area contributed by atoms with Gasteiger partial charge in [-0.2, -0.15) is 0 Å². The summed E-state index contributed by atoms with van der Waals surface area (Å²) in [5.74, 6) is 0.745. The molecule has 0 radical (unpaired) electrons. The maximum atomic E-state index is 5.95. The zero-order chi connectivity index (χ0) is 5.49. The van der Waals surface area contributed by atoms with E-state index in [1.165, 1.54) is 12.8 Å². The molecule has 0 aliphatic heterocycles. The minimum Gasteiger partial charge on any atom is -0.119 e. The van der Waals surface area contributed by atoms with Crippen molar-refractivity contribution >= 4 is 11.6 Å². The van der Waals surface area contributed by atoms with Crippen molar-refractivity contribution in [3.8, 4) is 0 Å². The Morgan fingerprint density at radius 1 is 1.71 bits per heavy atom. The average Bonchev–Trinajstić information content (AvgIpc) is 1.63. The van der Waals surface area contributed by atoms with E-state index in [1.54, 1.807) is 0 Å². The van der Waals surface area contributed by atoms with Gasteiger partial charge >= 0.3 is 0 Å². The Morgan fingerprint density at radius 3 is 2.14 bits per heavy atom. The molecular weight excluding hydrogens is 108 g/mol. The molecule has 1 saturated carbocycles. The Kier molecular flexibility index (Phi) is 1.07. The number of hydrogen-bond acceptors (Lipinski definition) is 0. The number of hydrogen-bond donors (Lipinski definition) is 0. The minimum absolute atomic E-state index is 0.153. The summed E-state index contributed by atoms with van der Waals surface area (Å²) in [6.07, 6.45) is 2.52. The Morgan fingerprint density at radius 2 is 2.14 bits per heavy atom. The van der Waals surface area contributed by atoms with E-state index in [0.29, 0.717) is 0 Å². The summed E-state index contributed by atoms with van der Waals surface area (Å²) in [4.78, 5) is 0.153. The molecule has 0 saturated heterocycles. The summed E-state index contributed by atoms with van der Waals surface area (Å²) < 4.78 is 0. The lowest BCUT2D eigenvalue weighted by molar-refractivity contribution is 0.251. The van der Waals surface area contributed by atoms with E-state index in [4.69, 9.17) is 11.6 Å². The molecule has 0 amide bonds. The molecule has 0 aromatic carbocycles. The summed E-state index contributed by atoms with van der Waals surface area (Å²) in [5, 5.41) is 0. The summed E-state index contributed by atoms with van der Waals surface area (Å²) >= 11 is 5.95. The first-order valence-corrected chi connectivity index (χ1v) is 3.19. The van der Waals surface area contributed by atoms with E-state index < -0.39 is 0 Å². The van der Waals surface area contributed by atoms with Crippen LogP contribution in [0.3, 0.4) is 0 Å². The summed E-state index contributed by atoms with van der Waals surface area (Å²) in [6, 6.07) is 0. The Bertz CT molecular complexity index is 76.2. The number of alkyl halides is 1. The SMILES string of the molecule is C[C@H]1CC[C@]1(C)Cl. The highest BCUT2D eigenvalue weighted by Gasteiger charge is 2.36. The van der Waals surface area contributed by atoms with Gasteiger partial charge in [0.2, 0.25) is 0 Å². The van der Waals surface area contributed by atoms with Crippen molar-refractivity contribution in [2.75, 3.05) is 0 Å². The van der Waals surface area contributed by atoms with Crippen molar-refractivity contribution in [3.05, 3.63) is 0 Å². The van der Waals surface area contributed by atoms with Crippen molar-refractivity contribution in [2.45, 2.75) is 31.6 Å². The topological polar surface area (TPSA) is 0 Å². The van der Waals surface area contributed by atoms with Crippen LogP contribution in [0.5, 0.6) is 0 Å². The van der Waals surface area contributed by atoms with Crippen molar-refractivity contribution < 1.29 is 0 Å². The van der Waals surface area contributed by atoms with E-state index >= 15 is 0 Å². The number of rotatable bonds is 0. The number of halogens is 1. The van der Waals surface area contributed by atoms with Crippen molar-refractivity contribution in [1.82, 2.24) is 0 Å². The highest BCUT2D eigenvalue weighted by Crippen LogP contribution is 2.42. The third kappa shape index (κ3) is 0.766. The van der Waals surface area contributed by atoms with Gasteiger partial charge in [-0.3, -0.25) is 0 Å². The van der Waals surface area contributed by atoms with E-state index in [1.807, 2.05) is 0 Å². The fourth-order valence-corrected chi connectivity index (χ4v) is 1.05. The molecule has 7 heavy (non-hydrogen) atoms. The van der Waals surface area contributed by atoms with E-state index in [9.17, 15) is 0 Å². The first kappa shape index (κ1) is 5.43. The lowest BCUT2D eigenvalue weighted by Gasteiger charge is -2.39. The fraction of sp³-hybridized carbons (Fsp3) is 1.00. The van der Waals surface area contributed by atoms with Gasteiger partial charge in [-0.25, -0.2) is 0 Å². The molecular formula is C6H11Cl. The smallest absolute Gasteiger partial charge is 0.0444 e. The molecule has 1 rings (SSSR count). The summed E-state index contributed by atoms with van der Waals surface area (Å²) in [5.41, 5.74) is 0. The van der Waals surface area contributed by atoms with Gasteiger partial charge in [0.1, 0.15) is 0 Å². The van der Waals surface area contributed by atoms with Gasteiger partial charge < -0.3 is 0 Å². The second-order valence-electron chi connectivity index (χ2n) is 2.72. The molecule has 0 spiro atoms. The second kappa shape index (κ2) is 1.38. The molecule has 0 unspecified atom stereocenters. The highest BCUT2D eigenvalue weighted by atomic mass is 35.5. The van der Waals surface area contributed by atoms with Crippen LogP contribution in [0.25, 0.3) is 0 Å². The van der Waals surface area contributed by atoms with Crippen LogP contribution >= 0.6 is 11.6 Å². The van der Waals surface area contributed by atoms with Crippen molar-refractivity contribution in [3.63, 3.8) is 0 Å². The normalized spacial score (nSPS) is 51.0. The lowest BCUT2D eigenvalue weighted by atomic mass is 9.75. The molecule has 1 heteroatoms. The van der Waals surface area contributed by atoms with Crippen LogP contribution in [0.4, 0.5) is 0 Å². The highest BCUT2D eigenvalue weighted by molar-refractivity contribution is 6.24. The maximum Gasteiger partial charge on any atom is 0.0444 e. The fourth-order valence-electron chi connectivity index (χ4n) is 0.831. The van der Waals surface area contributed by atoms with E-state index in [2.05, 4.69) is 13.8 Å². The van der Waals surface area contributed by atoms with Crippen LogP contribution in [0, 0.1) is 5.92 Å². The molecule has 0 N–H and O–H groups in total. The van der Waals surface area contributed by atoms with Gasteiger partial charge in [0, 0.05) is 4.87 Å². The first-order chi connectivity index (χ1) is 3.13. The molecule has 0 heterocycles. The first-order valence-electron chi connectivity index (χ1n) is 2.82. The quantitative estimate of drug-likeness (QED) is 0.429. The monoisotopic (exact) mass is 118 g/mol. The van der Waals surface area contributed by atoms with Gasteiger partial charge in [-0.1, -0.05) is 6.92 Å². The van der Waals surface area contributed by atoms with Crippen LogP contribution in [0.15, 0.2) is 0 Å². The van der Waals surface area contributed by atoms with E-state index in [-0.39, 0.29) is 4.87 Å². The third-order valence-corrected chi connectivity index (χ3v) is 2.66. The molecule has 0 aromatic rings. The van der Waals surface area contributed by atoms with Crippen LogP contribution in [0.2, 0.25) is 0 Å². The second-order valence-corrected chi connectivity index (χ2v) is 3.58. The van der Waals surface area contributed by atoms with Gasteiger partial charge in [-0.15, -0.1) is 11.6 Å². The van der Waals surface area contributed by atoms with Crippen LogP contribution in [-0.4, -0.2) is 4.87 Å². The third-order valence-electron chi connectivity index (χ3n) is 2.09. The van der Waals surface area contributed by atoms with Gasteiger partial charge in [0.25, 0.3) is 0 Å². The maximum absolute atomic E-state index is 5.95. The largest absolute Gasteiger partial charge is 0.119 e. The summed E-state index contributed by atoms with van der Waals surface area (Å²) in [7, 11) is 0. The zero-order valence-electron chi connectivity index (χ0n) is 4.87. The van der Waals surface area contributed by atoms with Crippen LogP contribution in [-0.2, 0) is 0 Å². The van der Waals surface area contributed by atoms with Gasteiger partial charge in [-0.05, 0) is 25.7 Å². The molecule has 1 aliphatic rings. The van der Waals surface area contributed by atoms with Crippen LogP contribution < -0.4 is 0 Å². The minimum atomic E-state index is 0.153. The molecule has 0 aromatic heterocycles. The Hall–Kier alpha value is 0.290. The molecule has 1 fully saturated rings. The Balaban J connectivity index is 2.43. The molecule has 0 nitrogen and oxygen atoms in total. The molecule has 1 aliphatic carbocycles. The lowest BCUT2D eigenvalue weighted by Crippen LogP contribution is -2.36. The molecule has 2 atom stereocenters. The van der Waals surface area contributed by atoms with Crippen molar-refractivity contribution in [1.29, 1.82) is 0 Å².